The van der Waals surface area contributed by atoms with E-state index in [1.807, 2.05) is 17.5 Å². The molecule has 0 radical (unpaired) electrons. The fraction of sp³-hybridized carbons (Fsp3) is 0.133. The number of carbonyl (C=O) groups is 1. The van der Waals surface area contributed by atoms with Crippen molar-refractivity contribution in [3.63, 3.8) is 0 Å². The number of carbonyl (C=O) groups excluding carboxylic acids is 1. The predicted molar refractivity (Wildman–Crippen MR) is 88.1 cm³/mol. The zero-order valence-electron chi connectivity index (χ0n) is 12.1. The topological polar surface area (TPSA) is 68.0 Å². The molecule has 2 aromatic heterocycles. The number of hydrogen-bond acceptors (Lipinski definition) is 6. The Labute approximate surface area is 139 Å². The van der Waals surface area contributed by atoms with Crippen molar-refractivity contribution in [2.45, 2.75) is 12.1 Å². The van der Waals surface area contributed by atoms with Crippen LogP contribution in [0, 0.1) is 12.7 Å². The van der Waals surface area contributed by atoms with Crippen molar-refractivity contribution in [1.29, 1.82) is 0 Å². The molecule has 0 saturated carbocycles. The van der Waals surface area contributed by atoms with Crippen LogP contribution in [0.25, 0.3) is 10.8 Å². The van der Waals surface area contributed by atoms with E-state index in [9.17, 15) is 9.18 Å². The van der Waals surface area contributed by atoms with Gasteiger partial charge in [-0.25, -0.2) is 4.39 Å². The number of halogens is 1. The summed E-state index contributed by atoms with van der Waals surface area (Å²) in [4.78, 5) is 12.8. The van der Waals surface area contributed by atoms with E-state index in [1.165, 1.54) is 17.4 Å². The maximum absolute atomic E-state index is 13.4. The number of thioether (sulfide) groups is 1. The third-order valence-electron chi connectivity index (χ3n) is 2.92. The first kappa shape index (κ1) is 15.7. The van der Waals surface area contributed by atoms with Gasteiger partial charge in [-0.3, -0.25) is 4.79 Å². The van der Waals surface area contributed by atoms with E-state index in [2.05, 4.69) is 15.5 Å². The van der Waals surface area contributed by atoms with E-state index in [1.54, 1.807) is 19.1 Å². The SMILES string of the molecule is Cc1ccc(NC(=O)CSc2nnc(-c3cccs3)o2)cc1F. The molecule has 5 nitrogen and oxygen atoms in total. The normalized spacial score (nSPS) is 10.7. The highest BCUT2D eigenvalue weighted by Crippen LogP contribution is 2.26. The summed E-state index contributed by atoms with van der Waals surface area (Å²) in [6.07, 6.45) is 0. The number of aryl methyl sites for hydroxylation is 1. The van der Waals surface area contributed by atoms with Gasteiger partial charge in [-0.05, 0) is 36.1 Å². The van der Waals surface area contributed by atoms with Gasteiger partial charge >= 0.3 is 0 Å². The highest BCUT2D eigenvalue weighted by Gasteiger charge is 2.12. The van der Waals surface area contributed by atoms with Crippen molar-refractivity contribution >= 4 is 34.7 Å². The Hall–Kier alpha value is -2.19. The van der Waals surface area contributed by atoms with Gasteiger partial charge in [-0.2, -0.15) is 0 Å². The Balaban J connectivity index is 1.55. The number of thiophene rings is 1. The first-order valence-electron chi connectivity index (χ1n) is 6.68. The molecule has 3 aromatic rings. The molecule has 3 rings (SSSR count). The van der Waals surface area contributed by atoms with Gasteiger partial charge < -0.3 is 9.73 Å². The minimum atomic E-state index is -0.354. The number of aromatic nitrogens is 2. The molecule has 8 heteroatoms. The van der Waals surface area contributed by atoms with Crippen LogP contribution in [-0.2, 0) is 4.79 Å². The van der Waals surface area contributed by atoms with Crippen LogP contribution in [0.5, 0.6) is 0 Å². The molecule has 23 heavy (non-hydrogen) atoms. The van der Waals surface area contributed by atoms with Gasteiger partial charge in [0.1, 0.15) is 5.82 Å². The second kappa shape index (κ2) is 6.93. The molecule has 1 N–H and O–H groups in total. The van der Waals surface area contributed by atoms with E-state index in [0.717, 1.165) is 16.6 Å². The number of rotatable bonds is 5. The van der Waals surface area contributed by atoms with Gasteiger partial charge in [0.2, 0.25) is 5.91 Å². The third kappa shape index (κ3) is 3.96. The molecule has 0 unspecified atom stereocenters. The summed E-state index contributed by atoms with van der Waals surface area (Å²) < 4.78 is 18.9. The number of anilines is 1. The molecule has 0 aliphatic carbocycles. The van der Waals surface area contributed by atoms with E-state index in [4.69, 9.17) is 4.42 Å². The molecule has 0 spiro atoms. The lowest BCUT2D eigenvalue weighted by Gasteiger charge is -2.05. The second-order valence-electron chi connectivity index (χ2n) is 4.65. The van der Waals surface area contributed by atoms with Crippen molar-refractivity contribution in [3.8, 4) is 10.8 Å². The number of nitrogens with one attached hydrogen (secondary N) is 1. The van der Waals surface area contributed by atoms with Gasteiger partial charge in [0.15, 0.2) is 0 Å². The lowest BCUT2D eigenvalue weighted by Crippen LogP contribution is -2.14. The van der Waals surface area contributed by atoms with Crippen LogP contribution in [0.3, 0.4) is 0 Å². The van der Waals surface area contributed by atoms with Crippen molar-refractivity contribution < 1.29 is 13.6 Å². The summed E-state index contributed by atoms with van der Waals surface area (Å²) in [5, 5.41) is 12.7. The van der Waals surface area contributed by atoms with Crippen LogP contribution < -0.4 is 5.32 Å². The van der Waals surface area contributed by atoms with Gasteiger partial charge in [-0.1, -0.05) is 23.9 Å². The van der Waals surface area contributed by atoms with Crippen molar-refractivity contribution in [1.82, 2.24) is 10.2 Å². The van der Waals surface area contributed by atoms with Crippen LogP contribution in [-0.4, -0.2) is 21.9 Å². The maximum atomic E-state index is 13.4. The van der Waals surface area contributed by atoms with Crippen molar-refractivity contribution in [2.75, 3.05) is 11.1 Å². The van der Waals surface area contributed by atoms with Crippen molar-refractivity contribution in [3.05, 3.63) is 47.1 Å². The molecule has 0 fully saturated rings. The molecule has 0 aliphatic heterocycles. The second-order valence-corrected chi connectivity index (χ2v) is 6.53. The summed E-state index contributed by atoms with van der Waals surface area (Å²) in [6, 6.07) is 8.34. The molecular weight excluding hydrogens is 337 g/mol. The first-order chi connectivity index (χ1) is 11.1. The largest absolute Gasteiger partial charge is 0.410 e. The van der Waals surface area contributed by atoms with Gasteiger partial charge in [0.25, 0.3) is 11.1 Å². The Morgan fingerprint density at radius 2 is 2.26 bits per heavy atom. The number of nitrogens with zero attached hydrogens (tertiary/aromatic N) is 2. The Morgan fingerprint density at radius 3 is 3.00 bits per heavy atom. The van der Waals surface area contributed by atoms with E-state index in [-0.39, 0.29) is 17.5 Å². The van der Waals surface area contributed by atoms with Gasteiger partial charge in [-0.15, -0.1) is 21.5 Å². The zero-order valence-corrected chi connectivity index (χ0v) is 13.7. The molecule has 1 amide bonds. The Bertz CT molecular complexity index is 818. The van der Waals surface area contributed by atoms with Gasteiger partial charge in [0, 0.05) is 5.69 Å². The quantitative estimate of drug-likeness (QED) is 0.706. The molecule has 0 atom stereocenters. The smallest absolute Gasteiger partial charge is 0.277 e. The summed E-state index contributed by atoms with van der Waals surface area (Å²) in [7, 11) is 0. The molecule has 2 heterocycles. The van der Waals surface area contributed by atoms with Crippen LogP contribution in [0.2, 0.25) is 0 Å². The van der Waals surface area contributed by atoms with E-state index >= 15 is 0 Å². The lowest BCUT2D eigenvalue weighted by atomic mass is 10.2. The first-order valence-corrected chi connectivity index (χ1v) is 8.54. The average molecular weight is 349 g/mol. The molecule has 0 saturated heterocycles. The minimum absolute atomic E-state index is 0.0988. The fourth-order valence-electron chi connectivity index (χ4n) is 1.76. The van der Waals surface area contributed by atoms with Gasteiger partial charge in [0.05, 0.1) is 10.6 Å². The highest BCUT2D eigenvalue weighted by atomic mass is 32.2. The van der Waals surface area contributed by atoms with E-state index < -0.39 is 0 Å². The molecular formula is C15H12FN3O2S2. The minimum Gasteiger partial charge on any atom is -0.410 e. The standard InChI is InChI=1S/C15H12FN3O2S2/c1-9-4-5-10(7-11(9)16)17-13(20)8-23-15-19-18-14(21-15)12-3-2-6-22-12/h2-7H,8H2,1H3,(H,17,20). The maximum Gasteiger partial charge on any atom is 0.277 e. The summed E-state index contributed by atoms with van der Waals surface area (Å²) in [5.41, 5.74) is 0.952. The Kier molecular flexibility index (Phi) is 4.73. The van der Waals surface area contributed by atoms with E-state index in [0.29, 0.717) is 22.4 Å². The van der Waals surface area contributed by atoms with Crippen molar-refractivity contribution in [2.24, 2.45) is 0 Å². The highest BCUT2D eigenvalue weighted by molar-refractivity contribution is 7.99. The molecule has 0 aliphatic rings. The monoisotopic (exact) mass is 349 g/mol. The summed E-state index contributed by atoms with van der Waals surface area (Å²) >= 11 is 2.63. The summed E-state index contributed by atoms with van der Waals surface area (Å²) in [6.45, 7) is 1.66. The zero-order chi connectivity index (χ0) is 16.2. The molecule has 0 bridgehead atoms. The van der Waals surface area contributed by atoms with Crippen LogP contribution in [0.15, 0.2) is 45.4 Å². The third-order valence-corrected chi connectivity index (χ3v) is 4.60. The fourth-order valence-corrected chi connectivity index (χ4v) is 2.97. The number of hydrogen-bond donors (Lipinski definition) is 1. The molecule has 118 valence electrons. The summed E-state index contributed by atoms with van der Waals surface area (Å²) in [5.74, 6) is -0.0905. The number of amides is 1. The lowest BCUT2D eigenvalue weighted by molar-refractivity contribution is -0.113. The molecule has 1 aromatic carbocycles. The Morgan fingerprint density at radius 1 is 1.39 bits per heavy atom. The predicted octanol–water partition coefficient (Wildman–Crippen LogP) is 3.98. The van der Waals surface area contributed by atoms with Crippen LogP contribution in [0.4, 0.5) is 10.1 Å². The van der Waals surface area contributed by atoms with Crippen LogP contribution in [0.1, 0.15) is 5.56 Å². The average Bonchev–Trinajstić information content (AvgIpc) is 3.19. The number of benzene rings is 1. The van der Waals surface area contributed by atoms with Crippen LogP contribution >= 0.6 is 23.1 Å².